The number of methoxy groups -OCH3 is 1. The highest BCUT2D eigenvalue weighted by Crippen LogP contribution is 2.47. The lowest BCUT2D eigenvalue weighted by atomic mass is 10.2. The lowest BCUT2D eigenvalue weighted by Gasteiger charge is -2.21. The SMILES string of the molecule is COc1ccccc1C(=O)NCC(=O)Nc1ccc2c(c1)OC1(CCCC1)O2. The number of carbonyl (C=O) groups is 2. The molecule has 1 heterocycles. The predicted octanol–water partition coefficient (Wildman–Crippen LogP) is 3.11. The molecular formula is C21H22N2O5. The van der Waals surface area contributed by atoms with Gasteiger partial charge in [0.15, 0.2) is 11.5 Å². The van der Waals surface area contributed by atoms with Crippen LogP contribution in [-0.4, -0.2) is 31.3 Å². The molecule has 2 amide bonds. The minimum atomic E-state index is -0.534. The number of benzene rings is 2. The van der Waals surface area contributed by atoms with Crippen molar-refractivity contribution in [3.63, 3.8) is 0 Å². The molecule has 1 aliphatic carbocycles. The first-order valence-corrected chi connectivity index (χ1v) is 9.32. The highest BCUT2D eigenvalue weighted by molar-refractivity contribution is 6.00. The Bertz CT molecular complexity index is 905. The number of hydrogen-bond acceptors (Lipinski definition) is 5. The van der Waals surface area contributed by atoms with Crippen LogP contribution < -0.4 is 24.8 Å². The second-order valence-corrected chi connectivity index (χ2v) is 6.91. The molecule has 2 N–H and O–H groups in total. The van der Waals surface area contributed by atoms with Gasteiger partial charge in [0.1, 0.15) is 5.75 Å². The molecule has 28 heavy (non-hydrogen) atoms. The van der Waals surface area contributed by atoms with Crippen molar-refractivity contribution in [2.75, 3.05) is 19.0 Å². The molecular weight excluding hydrogens is 360 g/mol. The number of ether oxygens (including phenoxy) is 3. The zero-order valence-electron chi connectivity index (χ0n) is 15.6. The van der Waals surface area contributed by atoms with E-state index in [-0.39, 0.29) is 18.4 Å². The van der Waals surface area contributed by atoms with Gasteiger partial charge in [-0.3, -0.25) is 9.59 Å². The van der Waals surface area contributed by atoms with Crippen molar-refractivity contribution in [1.29, 1.82) is 0 Å². The van der Waals surface area contributed by atoms with Crippen molar-refractivity contribution >= 4 is 17.5 Å². The number of rotatable bonds is 5. The van der Waals surface area contributed by atoms with Gasteiger partial charge in [0.25, 0.3) is 11.7 Å². The van der Waals surface area contributed by atoms with Gasteiger partial charge in [0.05, 0.1) is 19.2 Å². The minimum absolute atomic E-state index is 0.157. The molecule has 0 aromatic heterocycles. The number of nitrogens with one attached hydrogen (secondary N) is 2. The fourth-order valence-corrected chi connectivity index (χ4v) is 3.58. The quantitative estimate of drug-likeness (QED) is 0.830. The van der Waals surface area contributed by atoms with Crippen LogP contribution in [-0.2, 0) is 4.79 Å². The summed E-state index contributed by atoms with van der Waals surface area (Å²) in [5.41, 5.74) is 0.969. The normalized spacial score (nSPS) is 16.0. The zero-order chi connectivity index (χ0) is 19.6. The fourth-order valence-electron chi connectivity index (χ4n) is 3.58. The van der Waals surface area contributed by atoms with Crippen molar-refractivity contribution in [2.45, 2.75) is 31.5 Å². The van der Waals surface area contributed by atoms with Crippen LogP contribution in [0.25, 0.3) is 0 Å². The molecule has 2 aromatic rings. The molecule has 1 fully saturated rings. The summed E-state index contributed by atoms with van der Waals surface area (Å²) >= 11 is 0. The molecule has 1 spiro atoms. The van der Waals surface area contributed by atoms with E-state index in [2.05, 4.69) is 10.6 Å². The number of amides is 2. The van der Waals surface area contributed by atoms with Crippen LogP contribution in [0.1, 0.15) is 36.0 Å². The van der Waals surface area contributed by atoms with Crippen LogP contribution >= 0.6 is 0 Å². The van der Waals surface area contributed by atoms with Crippen molar-refractivity contribution in [1.82, 2.24) is 5.32 Å². The predicted molar refractivity (Wildman–Crippen MR) is 103 cm³/mol. The van der Waals surface area contributed by atoms with Gasteiger partial charge < -0.3 is 24.8 Å². The molecule has 0 saturated heterocycles. The van der Waals surface area contributed by atoms with E-state index in [1.54, 1.807) is 42.5 Å². The fraction of sp³-hybridized carbons (Fsp3) is 0.333. The van der Waals surface area contributed by atoms with Crippen molar-refractivity contribution in [2.24, 2.45) is 0 Å². The Morgan fingerprint density at radius 1 is 1.07 bits per heavy atom. The summed E-state index contributed by atoms with van der Waals surface area (Å²) in [7, 11) is 1.49. The second-order valence-electron chi connectivity index (χ2n) is 6.91. The molecule has 4 rings (SSSR count). The van der Waals surface area contributed by atoms with Gasteiger partial charge in [0, 0.05) is 24.6 Å². The smallest absolute Gasteiger partial charge is 0.255 e. The molecule has 0 atom stereocenters. The van der Waals surface area contributed by atoms with E-state index in [0.717, 1.165) is 25.7 Å². The number of hydrogen-bond donors (Lipinski definition) is 2. The summed E-state index contributed by atoms with van der Waals surface area (Å²) in [6.45, 7) is -0.157. The maximum Gasteiger partial charge on any atom is 0.255 e. The molecule has 1 aliphatic heterocycles. The van der Waals surface area contributed by atoms with Crippen LogP contribution in [0.15, 0.2) is 42.5 Å². The number of para-hydroxylation sites is 1. The largest absolute Gasteiger partial charge is 0.496 e. The lowest BCUT2D eigenvalue weighted by Crippen LogP contribution is -2.34. The summed E-state index contributed by atoms with van der Waals surface area (Å²) in [6, 6.07) is 12.2. The summed E-state index contributed by atoms with van der Waals surface area (Å²) in [5, 5.41) is 5.36. The molecule has 7 nitrogen and oxygen atoms in total. The van der Waals surface area contributed by atoms with Crippen LogP contribution in [0.5, 0.6) is 17.2 Å². The number of fused-ring (bicyclic) bond motifs is 1. The molecule has 0 bridgehead atoms. The summed E-state index contributed by atoms with van der Waals surface area (Å²) in [6.07, 6.45) is 3.92. The average Bonchev–Trinajstić information content (AvgIpc) is 3.31. The monoisotopic (exact) mass is 382 g/mol. The van der Waals surface area contributed by atoms with Crippen molar-refractivity contribution < 1.29 is 23.8 Å². The van der Waals surface area contributed by atoms with E-state index in [4.69, 9.17) is 14.2 Å². The Morgan fingerprint density at radius 3 is 2.61 bits per heavy atom. The summed E-state index contributed by atoms with van der Waals surface area (Å²) in [4.78, 5) is 24.5. The number of anilines is 1. The summed E-state index contributed by atoms with van der Waals surface area (Å²) in [5.74, 6) is 0.548. The maximum absolute atomic E-state index is 12.3. The van der Waals surface area contributed by atoms with Crippen molar-refractivity contribution in [3.8, 4) is 17.2 Å². The molecule has 7 heteroatoms. The molecule has 2 aromatic carbocycles. The first-order valence-electron chi connectivity index (χ1n) is 9.32. The summed E-state index contributed by atoms with van der Waals surface area (Å²) < 4.78 is 17.1. The number of carbonyl (C=O) groups excluding carboxylic acids is 2. The molecule has 1 saturated carbocycles. The Hall–Kier alpha value is -3.22. The Kier molecular flexibility index (Phi) is 4.81. The van der Waals surface area contributed by atoms with E-state index in [0.29, 0.717) is 28.5 Å². The molecule has 146 valence electrons. The van der Waals surface area contributed by atoms with Gasteiger partial charge in [-0.2, -0.15) is 0 Å². The first kappa shape index (κ1) is 18.2. The molecule has 0 radical (unpaired) electrons. The Balaban J connectivity index is 1.34. The van der Waals surface area contributed by atoms with E-state index in [9.17, 15) is 9.59 Å². The Morgan fingerprint density at radius 2 is 1.82 bits per heavy atom. The van der Waals surface area contributed by atoms with Crippen LogP contribution in [0.3, 0.4) is 0 Å². The minimum Gasteiger partial charge on any atom is -0.496 e. The first-order chi connectivity index (χ1) is 13.6. The van der Waals surface area contributed by atoms with Gasteiger partial charge in [-0.1, -0.05) is 12.1 Å². The third-order valence-corrected chi connectivity index (χ3v) is 4.95. The third-order valence-electron chi connectivity index (χ3n) is 4.95. The molecule has 0 unspecified atom stereocenters. The van der Waals surface area contributed by atoms with Gasteiger partial charge in [-0.15, -0.1) is 0 Å². The van der Waals surface area contributed by atoms with E-state index < -0.39 is 5.79 Å². The van der Waals surface area contributed by atoms with Gasteiger partial charge in [0.2, 0.25) is 5.91 Å². The van der Waals surface area contributed by atoms with Gasteiger partial charge in [-0.25, -0.2) is 0 Å². The second kappa shape index (κ2) is 7.42. The zero-order valence-corrected chi connectivity index (χ0v) is 15.6. The van der Waals surface area contributed by atoms with Crippen LogP contribution in [0.4, 0.5) is 5.69 Å². The van der Waals surface area contributed by atoms with Crippen molar-refractivity contribution in [3.05, 3.63) is 48.0 Å². The Labute approximate surface area is 163 Å². The standard InChI is InChI=1S/C21H22N2O5/c1-26-16-7-3-2-6-15(16)20(25)22-13-19(24)23-14-8-9-17-18(12-14)28-21(27-17)10-4-5-11-21/h2-3,6-9,12H,4-5,10-11,13H2,1H3,(H,22,25)(H,23,24). The van der Waals surface area contributed by atoms with Crippen LogP contribution in [0.2, 0.25) is 0 Å². The lowest BCUT2D eigenvalue weighted by molar-refractivity contribution is -0.115. The molecule has 2 aliphatic rings. The van der Waals surface area contributed by atoms with E-state index in [1.807, 2.05) is 0 Å². The van der Waals surface area contributed by atoms with Crippen LogP contribution in [0, 0.1) is 0 Å². The topological polar surface area (TPSA) is 85.9 Å². The highest BCUT2D eigenvalue weighted by Gasteiger charge is 2.44. The maximum atomic E-state index is 12.3. The van der Waals surface area contributed by atoms with E-state index >= 15 is 0 Å². The van der Waals surface area contributed by atoms with Gasteiger partial charge >= 0.3 is 0 Å². The average molecular weight is 382 g/mol. The highest BCUT2D eigenvalue weighted by atomic mass is 16.7. The third kappa shape index (κ3) is 3.60. The van der Waals surface area contributed by atoms with E-state index in [1.165, 1.54) is 7.11 Å². The van der Waals surface area contributed by atoms with Gasteiger partial charge in [-0.05, 0) is 37.1 Å².